The Morgan fingerprint density at radius 2 is 1.77 bits per heavy atom. The normalized spacial score (nSPS) is 17.4. The minimum atomic E-state index is -1.76. The van der Waals surface area contributed by atoms with E-state index in [1.54, 1.807) is 6.92 Å². The Labute approximate surface area is 145 Å². The molecular weight excluding hydrogens is 348 g/mol. The molecule has 4 rings (SSSR count). The highest BCUT2D eigenvalue weighted by molar-refractivity contribution is 6.01. The number of hydrogen-bond donors (Lipinski definition) is 4. The molecule has 0 aliphatic carbocycles. The molecule has 26 heavy (non-hydrogen) atoms. The zero-order chi connectivity index (χ0) is 18.7. The predicted molar refractivity (Wildman–Crippen MR) is 82.3 cm³/mol. The molecule has 4 N–H and O–H groups in total. The van der Waals surface area contributed by atoms with E-state index in [9.17, 15) is 30.0 Å². The third kappa shape index (κ3) is 2.04. The lowest BCUT2D eigenvalue weighted by Gasteiger charge is -2.16. The van der Waals surface area contributed by atoms with Gasteiger partial charge in [0, 0.05) is 6.07 Å². The molecule has 2 aromatic carbocycles. The topological polar surface area (TPSA) is 143 Å². The molecule has 2 heterocycles. The first kappa shape index (κ1) is 16.2. The molecular formula is C17H12O9. The number of carbonyl (C=O) groups is 2. The number of carbonyl (C=O) groups excluding carboxylic acids is 2. The fourth-order valence-electron chi connectivity index (χ4n) is 3.11. The van der Waals surface area contributed by atoms with Crippen molar-refractivity contribution in [3.05, 3.63) is 39.9 Å². The van der Waals surface area contributed by atoms with Gasteiger partial charge in [0.1, 0.15) is 28.4 Å². The molecule has 2 aromatic rings. The average Bonchev–Trinajstić information content (AvgIpc) is 2.76. The first-order valence-electron chi connectivity index (χ1n) is 7.48. The molecule has 2 aliphatic heterocycles. The van der Waals surface area contributed by atoms with Crippen LogP contribution in [0, 0.1) is 6.92 Å². The van der Waals surface area contributed by atoms with Gasteiger partial charge in [-0.1, -0.05) is 0 Å². The lowest BCUT2D eigenvalue weighted by atomic mass is 10.0. The van der Waals surface area contributed by atoms with Gasteiger partial charge in [-0.25, -0.2) is 9.59 Å². The van der Waals surface area contributed by atoms with E-state index in [2.05, 4.69) is 4.74 Å². The monoisotopic (exact) mass is 360 g/mol. The van der Waals surface area contributed by atoms with E-state index in [-0.39, 0.29) is 39.7 Å². The molecule has 2 aliphatic rings. The second-order valence-corrected chi connectivity index (χ2v) is 5.82. The summed E-state index contributed by atoms with van der Waals surface area (Å²) in [6.45, 7) is 0.775. The molecule has 0 bridgehead atoms. The van der Waals surface area contributed by atoms with E-state index in [4.69, 9.17) is 9.47 Å². The summed E-state index contributed by atoms with van der Waals surface area (Å²) in [6, 6.07) is 2.50. The van der Waals surface area contributed by atoms with E-state index in [0.717, 1.165) is 0 Å². The van der Waals surface area contributed by atoms with Crippen LogP contribution >= 0.6 is 0 Å². The molecule has 0 spiro atoms. The van der Waals surface area contributed by atoms with Gasteiger partial charge < -0.3 is 34.6 Å². The van der Waals surface area contributed by atoms with Gasteiger partial charge in [0.25, 0.3) is 0 Å². The van der Waals surface area contributed by atoms with Crippen LogP contribution in [0.25, 0.3) is 0 Å². The Morgan fingerprint density at radius 1 is 1.04 bits per heavy atom. The van der Waals surface area contributed by atoms with Crippen LogP contribution in [0.5, 0.6) is 28.7 Å². The summed E-state index contributed by atoms with van der Waals surface area (Å²) in [5.74, 6) is -3.42. The van der Waals surface area contributed by atoms with Gasteiger partial charge >= 0.3 is 11.9 Å². The zero-order valence-corrected chi connectivity index (χ0v) is 13.3. The summed E-state index contributed by atoms with van der Waals surface area (Å²) in [6.07, 6.45) is -1.76. The smallest absolute Gasteiger partial charge is 0.347 e. The summed E-state index contributed by atoms with van der Waals surface area (Å²) in [7, 11) is 0. The molecule has 1 unspecified atom stereocenters. The minimum Gasteiger partial charge on any atom is -0.508 e. The van der Waals surface area contributed by atoms with Gasteiger partial charge in [-0.3, -0.25) is 0 Å². The van der Waals surface area contributed by atoms with E-state index in [1.807, 2.05) is 0 Å². The van der Waals surface area contributed by atoms with Crippen molar-refractivity contribution in [1.29, 1.82) is 0 Å². The van der Waals surface area contributed by atoms with Gasteiger partial charge in [0.05, 0.1) is 17.7 Å². The summed E-state index contributed by atoms with van der Waals surface area (Å²) in [5.41, 5.74) is -0.529. The SMILES string of the molecule is Cc1cc(O)cc2c1C(=O)Oc1c(CO)c(O)c3c(c1O2)C(O)OC3=O. The number of cyclic esters (lactones) is 1. The van der Waals surface area contributed by atoms with Gasteiger partial charge in [-0.2, -0.15) is 0 Å². The van der Waals surface area contributed by atoms with Crippen molar-refractivity contribution in [1.82, 2.24) is 0 Å². The van der Waals surface area contributed by atoms with Crippen LogP contribution in [-0.4, -0.2) is 32.4 Å². The third-order valence-corrected chi connectivity index (χ3v) is 4.24. The van der Waals surface area contributed by atoms with E-state index >= 15 is 0 Å². The Bertz CT molecular complexity index is 993. The third-order valence-electron chi connectivity index (χ3n) is 4.24. The van der Waals surface area contributed by atoms with Crippen LogP contribution in [0.1, 0.15) is 43.7 Å². The van der Waals surface area contributed by atoms with Crippen molar-refractivity contribution in [3.8, 4) is 28.7 Å². The van der Waals surface area contributed by atoms with Crippen LogP contribution in [0.3, 0.4) is 0 Å². The molecule has 0 radical (unpaired) electrons. The molecule has 0 amide bonds. The number of aliphatic hydroxyl groups is 2. The first-order chi connectivity index (χ1) is 12.3. The second-order valence-electron chi connectivity index (χ2n) is 5.82. The fraction of sp³-hybridized carbons (Fsp3) is 0.176. The van der Waals surface area contributed by atoms with Crippen molar-refractivity contribution in [2.75, 3.05) is 0 Å². The van der Waals surface area contributed by atoms with Crippen molar-refractivity contribution in [3.63, 3.8) is 0 Å². The van der Waals surface area contributed by atoms with Gasteiger partial charge in [-0.15, -0.1) is 0 Å². The number of rotatable bonds is 1. The number of phenols is 2. The Morgan fingerprint density at radius 3 is 2.46 bits per heavy atom. The van der Waals surface area contributed by atoms with Crippen LogP contribution in [0.15, 0.2) is 12.1 Å². The number of phenolic OH excluding ortho intramolecular Hbond substituents is 1. The van der Waals surface area contributed by atoms with Gasteiger partial charge in [-0.05, 0) is 18.6 Å². The summed E-state index contributed by atoms with van der Waals surface area (Å²) >= 11 is 0. The molecule has 0 fully saturated rings. The maximum atomic E-state index is 12.5. The lowest BCUT2D eigenvalue weighted by molar-refractivity contribution is -0.0555. The molecule has 1 atom stereocenters. The quantitative estimate of drug-likeness (QED) is 0.438. The van der Waals surface area contributed by atoms with E-state index < -0.39 is 36.1 Å². The largest absolute Gasteiger partial charge is 0.508 e. The summed E-state index contributed by atoms with van der Waals surface area (Å²) in [4.78, 5) is 24.4. The number of aromatic hydroxyl groups is 2. The number of hydrogen-bond acceptors (Lipinski definition) is 9. The molecule has 0 aromatic heterocycles. The highest BCUT2D eigenvalue weighted by Crippen LogP contribution is 2.53. The molecule has 9 heteroatoms. The summed E-state index contributed by atoms with van der Waals surface area (Å²) < 4.78 is 15.6. The number of ether oxygens (including phenoxy) is 3. The number of aliphatic hydroxyl groups excluding tert-OH is 2. The number of aryl methyl sites for hydroxylation is 1. The Balaban J connectivity index is 2.07. The van der Waals surface area contributed by atoms with Crippen molar-refractivity contribution in [2.45, 2.75) is 19.8 Å². The average molecular weight is 360 g/mol. The molecule has 134 valence electrons. The fourth-order valence-corrected chi connectivity index (χ4v) is 3.11. The van der Waals surface area contributed by atoms with Gasteiger partial charge in [0.15, 0.2) is 11.5 Å². The highest BCUT2D eigenvalue weighted by atomic mass is 16.6. The highest BCUT2D eigenvalue weighted by Gasteiger charge is 2.42. The van der Waals surface area contributed by atoms with Crippen molar-refractivity contribution in [2.24, 2.45) is 0 Å². The van der Waals surface area contributed by atoms with E-state index in [0.29, 0.717) is 5.56 Å². The Kier molecular flexibility index (Phi) is 3.33. The summed E-state index contributed by atoms with van der Waals surface area (Å²) in [5, 5.41) is 39.7. The molecule has 9 nitrogen and oxygen atoms in total. The Hall–Kier alpha value is -3.30. The lowest BCUT2D eigenvalue weighted by Crippen LogP contribution is -2.11. The zero-order valence-electron chi connectivity index (χ0n) is 13.3. The minimum absolute atomic E-state index is 0.0101. The maximum absolute atomic E-state index is 12.5. The van der Waals surface area contributed by atoms with Crippen molar-refractivity contribution >= 4 is 11.9 Å². The van der Waals surface area contributed by atoms with E-state index in [1.165, 1.54) is 12.1 Å². The molecule has 0 saturated carbocycles. The number of fused-ring (bicyclic) bond motifs is 4. The van der Waals surface area contributed by atoms with Crippen LogP contribution in [-0.2, 0) is 11.3 Å². The maximum Gasteiger partial charge on any atom is 0.347 e. The first-order valence-corrected chi connectivity index (χ1v) is 7.48. The van der Waals surface area contributed by atoms with Gasteiger partial charge in [0.2, 0.25) is 6.29 Å². The van der Waals surface area contributed by atoms with Crippen LogP contribution in [0.2, 0.25) is 0 Å². The van der Waals surface area contributed by atoms with Crippen molar-refractivity contribution < 1.29 is 44.2 Å². The second kappa shape index (κ2) is 5.35. The number of benzene rings is 2. The van der Waals surface area contributed by atoms with Crippen LogP contribution < -0.4 is 9.47 Å². The van der Waals surface area contributed by atoms with Crippen LogP contribution in [0.4, 0.5) is 0 Å². The number of esters is 2. The molecule has 0 saturated heterocycles. The predicted octanol–water partition coefficient (Wildman–Crippen LogP) is 1.38. The standard InChI is InChI=1S/C17H12O9/c1-5-2-6(19)3-8-9(5)15(21)25-13-7(4-18)12(20)10-11(14(13)24-8)17(23)26-16(10)22/h2-3,17-20,23H,4H2,1H3.